The third-order valence-electron chi connectivity index (χ3n) is 3.44. The fraction of sp³-hybridized carbons (Fsp3) is 0.357. The minimum absolute atomic E-state index is 0.172. The molecule has 1 aliphatic carbocycles. The van der Waals surface area contributed by atoms with Crippen LogP contribution in [0.5, 0.6) is 0 Å². The zero-order chi connectivity index (χ0) is 13.4. The van der Waals surface area contributed by atoms with E-state index in [4.69, 9.17) is 5.73 Å². The Bertz CT molecular complexity index is 586. The van der Waals surface area contributed by atoms with E-state index in [1.54, 1.807) is 0 Å². The summed E-state index contributed by atoms with van der Waals surface area (Å²) in [6.07, 6.45) is 4.29. The van der Waals surface area contributed by atoms with Crippen molar-refractivity contribution in [3.63, 3.8) is 0 Å². The van der Waals surface area contributed by atoms with Gasteiger partial charge in [-0.25, -0.2) is 13.8 Å². The van der Waals surface area contributed by atoms with Crippen molar-refractivity contribution in [1.29, 1.82) is 0 Å². The predicted molar refractivity (Wildman–Crippen MR) is 71.1 cm³/mol. The van der Waals surface area contributed by atoms with Crippen LogP contribution in [0, 0.1) is 11.6 Å². The Labute approximate surface area is 114 Å². The van der Waals surface area contributed by atoms with Crippen LogP contribution in [0.15, 0.2) is 18.2 Å². The number of hydrogen-bond acceptors (Lipinski definition) is 3. The molecule has 2 nitrogen and oxygen atoms in total. The Balaban J connectivity index is 1.97. The second-order valence-electron chi connectivity index (χ2n) is 4.75. The van der Waals surface area contributed by atoms with Crippen molar-refractivity contribution in [1.82, 2.24) is 4.98 Å². The number of nitrogens with two attached hydrogens (primary N) is 1. The standard InChI is InChI=1S/C14H14F2N2S/c15-9-5-3-4-8(12(9)16)13(17)14-18-10-6-1-2-7-11(10)19-14/h3-5,13H,1-2,6-7,17H2. The van der Waals surface area contributed by atoms with Crippen LogP contribution in [0.4, 0.5) is 8.78 Å². The van der Waals surface area contributed by atoms with E-state index in [0.717, 1.165) is 37.4 Å². The Hall–Kier alpha value is -1.33. The van der Waals surface area contributed by atoms with Crippen molar-refractivity contribution in [2.75, 3.05) is 0 Å². The van der Waals surface area contributed by atoms with E-state index in [2.05, 4.69) is 4.98 Å². The van der Waals surface area contributed by atoms with Crippen molar-refractivity contribution in [3.05, 3.63) is 51.0 Å². The van der Waals surface area contributed by atoms with E-state index in [1.807, 2.05) is 0 Å². The number of aromatic nitrogens is 1. The van der Waals surface area contributed by atoms with Gasteiger partial charge in [-0.05, 0) is 31.7 Å². The lowest BCUT2D eigenvalue weighted by atomic mass is 10.0. The number of fused-ring (bicyclic) bond motifs is 1. The molecule has 1 aromatic carbocycles. The lowest BCUT2D eigenvalue weighted by Gasteiger charge is -2.10. The van der Waals surface area contributed by atoms with Crippen LogP contribution in [0.3, 0.4) is 0 Å². The van der Waals surface area contributed by atoms with Crippen LogP contribution in [0.1, 0.15) is 40.0 Å². The molecular weight excluding hydrogens is 266 g/mol. The number of rotatable bonds is 2. The van der Waals surface area contributed by atoms with Gasteiger partial charge in [-0.15, -0.1) is 11.3 Å². The van der Waals surface area contributed by atoms with Crippen molar-refractivity contribution >= 4 is 11.3 Å². The molecule has 1 unspecified atom stereocenters. The summed E-state index contributed by atoms with van der Waals surface area (Å²) in [7, 11) is 0. The number of hydrogen-bond donors (Lipinski definition) is 1. The summed E-state index contributed by atoms with van der Waals surface area (Å²) < 4.78 is 27.0. The van der Waals surface area contributed by atoms with Crippen LogP contribution in [-0.2, 0) is 12.8 Å². The molecule has 0 bridgehead atoms. The summed E-state index contributed by atoms with van der Waals surface area (Å²) in [5.41, 5.74) is 7.29. The summed E-state index contributed by atoms with van der Waals surface area (Å²) in [6, 6.07) is 3.40. The second kappa shape index (κ2) is 4.98. The average molecular weight is 280 g/mol. The van der Waals surface area contributed by atoms with Gasteiger partial charge in [0.25, 0.3) is 0 Å². The molecule has 3 rings (SSSR count). The zero-order valence-electron chi connectivity index (χ0n) is 10.3. The van der Waals surface area contributed by atoms with Gasteiger partial charge in [-0.2, -0.15) is 0 Å². The van der Waals surface area contributed by atoms with Crippen molar-refractivity contribution in [2.24, 2.45) is 5.73 Å². The quantitative estimate of drug-likeness (QED) is 0.916. The maximum atomic E-state index is 13.7. The van der Waals surface area contributed by atoms with E-state index in [0.29, 0.717) is 5.01 Å². The maximum absolute atomic E-state index is 13.7. The third-order valence-corrected chi connectivity index (χ3v) is 4.69. The molecule has 5 heteroatoms. The molecule has 100 valence electrons. The first-order valence-electron chi connectivity index (χ1n) is 6.35. The number of halogens is 2. The van der Waals surface area contributed by atoms with Crippen LogP contribution in [-0.4, -0.2) is 4.98 Å². The molecule has 0 saturated heterocycles. The van der Waals surface area contributed by atoms with E-state index in [1.165, 1.54) is 28.3 Å². The molecule has 2 aromatic rings. The Morgan fingerprint density at radius 1 is 1.21 bits per heavy atom. The van der Waals surface area contributed by atoms with Gasteiger partial charge < -0.3 is 5.73 Å². The monoisotopic (exact) mass is 280 g/mol. The van der Waals surface area contributed by atoms with Gasteiger partial charge in [-0.1, -0.05) is 12.1 Å². The van der Waals surface area contributed by atoms with Crippen LogP contribution in [0.2, 0.25) is 0 Å². The molecule has 1 aromatic heterocycles. The summed E-state index contributed by atoms with van der Waals surface area (Å²) in [5.74, 6) is -1.74. The molecule has 0 aliphatic heterocycles. The number of aryl methyl sites for hydroxylation is 2. The molecular formula is C14H14F2N2S. The zero-order valence-corrected chi connectivity index (χ0v) is 11.1. The Morgan fingerprint density at radius 3 is 2.79 bits per heavy atom. The van der Waals surface area contributed by atoms with Crippen molar-refractivity contribution in [3.8, 4) is 0 Å². The van der Waals surface area contributed by atoms with Gasteiger partial charge in [0, 0.05) is 10.4 Å². The molecule has 0 fully saturated rings. The van der Waals surface area contributed by atoms with Crippen molar-refractivity contribution < 1.29 is 8.78 Å². The SMILES string of the molecule is NC(c1nc2c(s1)CCCC2)c1cccc(F)c1F. The molecule has 0 spiro atoms. The van der Waals surface area contributed by atoms with Gasteiger partial charge in [0.2, 0.25) is 0 Å². The van der Waals surface area contributed by atoms with Gasteiger partial charge in [0.05, 0.1) is 11.7 Å². The summed E-state index contributed by atoms with van der Waals surface area (Å²) >= 11 is 1.53. The highest BCUT2D eigenvalue weighted by molar-refractivity contribution is 7.11. The van der Waals surface area contributed by atoms with Gasteiger partial charge in [0.1, 0.15) is 5.01 Å². The molecule has 1 aliphatic rings. The van der Waals surface area contributed by atoms with Crippen LogP contribution in [0.25, 0.3) is 0 Å². The molecule has 0 saturated carbocycles. The minimum atomic E-state index is -0.872. The lowest BCUT2D eigenvalue weighted by Crippen LogP contribution is -2.14. The lowest BCUT2D eigenvalue weighted by molar-refractivity contribution is 0.494. The summed E-state index contributed by atoms with van der Waals surface area (Å²) in [5, 5.41) is 0.677. The first kappa shape index (κ1) is 12.7. The molecule has 0 amide bonds. The molecule has 19 heavy (non-hydrogen) atoms. The van der Waals surface area contributed by atoms with E-state index in [9.17, 15) is 8.78 Å². The minimum Gasteiger partial charge on any atom is -0.318 e. The van der Waals surface area contributed by atoms with Gasteiger partial charge in [-0.3, -0.25) is 0 Å². The smallest absolute Gasteiger partial charge is 0.164 e. The van der Waals surface area contributed by atoms with E-state index >= 15 is 0 Å². The molecule has 2 N–H and O–H groups in total. The van der Waals surface area contributed by atoms with E-state index in [-0.39, 0.29) is 5.56 Å². The molecule has 1 heterocycles. The highest BCUT2D eigenvalue weighted by Crippen LogP contribution is 2.32. The highest BCUT2D eigenvalue weighted by atomic mass is 32.1. The van der Waals surface area contributed by atoms with Crippen LogP contribution < -0.4 is 5.73 Å². The third kappa shape index (κ3) is 2.28. The van der Waals surface area contributed by atoms with Crippen LogP contribution >= 0.6 is 11.3 Å². The second-order valence-corrected chi connectivity index (χ2v) is 5.86. The summed E-state index contributed by atoms with van der Waals surface area (Å²) in [6.45, 7) is 0. The van der Waals surface area contributed by atoms with E-state index < -0.39 is 17.7 Å². The average Bonchev–Trinajstić information content (AvgIpc) is 2.85. The predicted octanol–water partition coefficient (Wildman–Crippen LogP) is 3.35. The number of thiazole rings is 1. The molecule has 0 radical (unpaired) electrons. The number of nitrogens with zero attached hydrogens (tertiary/aromatic N) is 1. The Morgan fingerprint density at radius 2 is 2.00 bits per heavy atom. The normalized spacial score (nSPS) is 16.2. The fourth-order valence-corrected chi connectivity index (χ4v) is 3.57. The Kier molecular flexibility index (Phi) is 3.33. The molecule has 1 atom stereocenters. The van der Waals surface area contributed by atoms with Gasteiger partial charge >= 0.3 is 0 Å². The topological polar surface area (TPSA) is 38.9 Å². The maximum Gasteiger partial charge on any atom is 0.164 e. The first-order valence-corrected chi connectivity index (χ1v) is 7.16. The fourth-order valence-electron chi connectivity index (χ4n) is 2.40. The van der Waals surface area contributed by atoms with Crippen molar-refractivity contribution in [2.45, 2.75) is 31.7 Å². The largest absolute Gasteiger partial charge is 0.318 e. The highest BCUT2D eigenvalue weighted by Gasteiger charge is 2.22. The summed E-state index contributed by atoms with van der Waals surface area (Å²) in [4.78, 5) is 5.75. The first-order chi connectivity index (χ1) is 9.16. The van der Waals surface area contributed by atoms with Gasteiger partial charge in [0.15, 0.2) is 11.6 Å². The number of benzene rings is 1.